The summed E-state index contributed by atoms with van der Waals surface area (Å²) in [7, 11) is 0. The van der Waals surface area contributed by atoms with Crippen molar-refractivity contribution in [3.8, 4) is 0 Å². The van der Waals surface area contributed by atoms with E-state index >= 15 is 0 Å². The Hall–Kier alpha value is -3.15. The average Bonchev–Trinajstić information content (AvgIpc) is 2.89. The monoisotopic (exact) mass is 363 g/mol. The lowest BCUT2D eigenvalue weighted by atomic mass is 9.90. The number of nitrogens with zero attached hydrogens (tertiary/aromatic N) is 1. The number of fused-ring (bicyclic) bond motifs is 7. The minimum atomic E-state index is -1.08. The average molecular weight is 363 g/mol. The highest BCUT2D eigenvalue weighted by Gasteiger charge is 2.48. The molecule has 0 saturated carbocycles. The Morgan fingerprint density at radius 2 is 1.78 bits per heavy atom. The highest BCUT2D eigenvalue weighted by atomic mass is 16.2. The van der Waals surface area contributed by atoms with Crippen molar-refractivity contribution < 1.29 is 14.4 Å². The van der Waals surface area contributed by atoms with Crippen molar-refractivity contribution in [2.75, 3.05) is 6.54 Å². The van der Waals surface area contributed by atoms with E-state index in [2.05, 4.69) is 10.6 Å². The fourth-order valence-electron chi connectivity index (χ4n) is 3.66. The number of benzene rings is 2. The summed E-state index contributed by atoms with van der Waals surface area (Å²) in [6, 6.07) is 14.3. The molecule has 1 fully saturated rings. The van der Waals surface area contributed by atoms with Crippen molar-refractivity contribution in [2.24, 2.45) is 0 Å². The van der Waals surface area contributed by atoms with Crippen molar-refractivity contribution in [1.82, 2.24) is 15.5 Å². The second-order valence-corrected chi connectivity index (χ2v) is 7.21. The first-order valence-corrected chi connectivity index (χ1v) is 9.08. The minimum Gasteiger partial charge on any atom is -0.352 e. The van der Waals surface area contributed by atoms with Crippen LogP contribution in [0.5, 0.6) is 0 Å². The maximum absolute atomic E-state index is 13.1. The number of aryl methyl sites for hydroxylation is 1. The predicted octanol–water partition coefficient (Wildman–Crippen LogP) is 2.33. The van der Waals surface area contributed by atoms with Gasteiger partial charge in [0.2, 0.25) is 0 Å². The third kappa shape index (κ3) is 3.07. The molecule has 0 aromatic heterocycles. The second kappa shape index (κ2) is 6.54. The largest absolute Gasteiger partial charge is 0.352 e. The van der Waals surface area contributed by atoms with Gasteiger partial charge in [-0.2, -0.15) is 0 Å². The van der Waals surface area contributed by atoms with Crippen LogP contribution in [0.25, 0.3) is 0 Å². The summed E-state index contributed by atoms with van der Waals surface area (Å²) in [5, 5.41) is 5.77. The zero-order valence-electron chi connectivity index (χ0n) is 15.1. The zero-order valence-corrected chi connectivity index (χ0v) is 15.1. The molecule has 2 heterocycles. The van der Waals surface area contributed by atoms with E-state index in [9.17, 15) is 14.4 Å². The maximum atomic E-state index is 13.1. The number of imide groups is 1. The summed E-state index contributed by atoms with van der Waals surface area (Å²) in [5.41, 5.74) is 2.02. The van der Waals surface area contributed by atoms with Gasteiger partial charge in [0.15, 0.2) is 0 Å². The molecule has 1 saturated heterocycles. The topological polar surface area (TPSA) is 78.5 Å². The molecule has 4 rings (SSSR count). The molecule has 2 aromatic carbocycles. The lowest BCUT2D eigenvalue weighted by Crippen LogP contribution is -2.40. The van der Waals surface area contributed by atoms with Crippen LogP contribution in [0.4, 0.5) is 4.79 Å². The summed E-state index contributed by atoms with van der Waals surface area (Å²) in [6.07, 6.45) is 1.56. The Morgan fingerprint density at radius 1 is 1.00 bits per heavy atom. The number of carbonyl (C=O) groups is 3. The quantitative estimate of drug-likeness (QED) is 0.705. The molecule has 2 aliphatic rings. The molecule has 2 aromatic rings. The molecule has 138 valence electrons. The lowest BCUT2D eigenvalue weighted by Gasteiger charge is -2.23. The van der Waals surface area contributed by atoms with E-state index in [1.807, 2.05) is 30.3 Å². The Labute approximate surface area is 157 Å². The molecule has 27 heavy (non-hydrogen) atoms. The summed E-state index contributed by atoms with van der Waals surface area (Å²) in [5.74, 6) is -0.433. The van der Waals surface area contributed by atoms with Crippen LogP contribution in [0.15, 0.2) is 48.5 Å². The normalized spacial score (nSPS) is 22.6. The van der Waals surface area contributed by atoms with E-state index < -0.39 is 11.6 Å². The van der Waals surface area contributed by atoms with Crippen LogP contribution in [0.2, 0.25) is 0 Å². The van der Waals surface area contributed by atoms with Gasteiger partial charge >= 0.3 is 6.03 Å². The third-order valence-corrected chi connectivity index (χ3v) is 5.24. The first kappa shape index (κ1) is 17.3. The molecule has 6 nitrogen and oxygen atoms in total. The van der Waals surface area contributed by atoms with Gasteiger partial charge in [0.1, 0.15) is 5.54 Å². The van der Waals surface area contributed by atoms with Crippen molar-refractivity contribution in [3.63, 3.8) is 0 Å². The van der Waals surface area contributed by atoms with Crippen molar-refractivity contribution in [2.45, 2.75) is 31.8 Å². The summed E-state index contributed by atoms with van der Waals surface area (Å²) in [4.78, 5) is 39.2. The fourth-order valence-corrected chi connectivity index (χ4v) is 3.66. The predicted molar refractivity (Wildman–Crippen MR) is 100.0 cm³/mol. The summed E-state index contributed by atoms with van der Waals surface area (Å²) < 4.78 is 0. The van der Waals surface area contributed by atoms with Crippen LogP contribution in [0, 0.1) is 0 Å². The SMILES string of the molecule is CC12NC(=O)N(Cc3cccc(c3)C(=O)NCCCc3cccc1c3)C2=O. The van der Waals surface area contributed by atoms with Crippen LogP contribution in [0.3, 0.4) is 0 Å². The van der Waals surface area contributed by atoms with Gasteiger partial charge in [-0.25, -0.2) is 4.79 Å². The molecule has 1 atom stereocenters. The van der Waals surface area contributed by atoms with Gasteiger partial charge in [0.05, 0.1) is 6.54 Å². The molecular formula is C21H21N3O3. The maximum Gasteiger partial charge on any atom is 0.325 e. The Balaban J connectivity index is 1.77. The number of rotatable bonds is 0. The smallest absolute Gasteiger partial charge is 0.325 e. The second-order valence-electron chi connectivity index (χ2n) is 7.21. The number of urea groups is 1. The third-order valence-electron chi connectivity index (χ3n) is 5.24. The van der Waals surface area contributed by atoms with Crippen LogP contribution >= 0.6 is 0 Å². The number of carbonyl (C=O) groups excluding carboxylic acids is 3. The van der Waals surface area contributed by atoms with E-state index in [4.69, 9.17) is 0 Å². The zero-order chi connectivity index (χ0) is 19.0. The van der Waals surface area contributed by atoms with Gasteiger partial charge in [-0.05, 0) is 48.6 Å². The first-order chi connectivity index (χ1) is 13.0. The Morgan fingerprint density at radius 3 is 2.63 bits per heavy atom. The highest BCUT2D eigenvalue weighted by molar-refractivity contribution is 6.07. The van der Waals surface area contributed by atoms with E-state index in [1.165, 1.54) is 4.90 Å². The summed E-state index contributed by atoms with van der Waals surface area (Å²) >= 11 is 0. The number of amides is 4. The number of hydrogen-bond donors (Lipinski definition) is 2. The molecule has 2 N–H and O–H groups in total. The van der Waals surface area contributed by atoms with Gasteiger partial charge < -0.3 is 10.6 Å². The van der Waals surface area contributed by atoms with E-state index in [1.54, 1.807) is 25.1 Å². The molecule has 1 unspecified atom stereocenters. The van der Waals surface area contributed by atoms with Crippen molar-refractivity contribution >= 4 is 17.8 Å². The van der Waals surface area contributed by atoms with E-state index in [0.29, 0.717) is 12.1 Å². The van der Waals surface area contributed by atoms with Crippen LogP contribution < -0.4 is 10.6 Å². The Kier molecular flexibility index (Phi) is 4.18. The van der Waals surface area contributed by atoms with Crippen LogP contribution in [-0.2, 0) is 23.3 Å². The number of hydrogen-bond acceptors (Lipinski definition) is 3. The van der Waals surface area contributed by atoms with Crippen LogP contribution in [0.1, 0.15) is 40.4 Å². The van der Waals surface area contributed by atoms with Gasteiger partial charge in [-0.3, -0.25) is 14.5 Å². The molecule has 6 bridgehead atoms. The Bertz CT molecular complexity index is 940. The standard InChI is InChI=1S/C21H21N3O3/c1-21-17-9-3-5-14(12-17)7-4-10-22-18(25)16-8-2-6-15(11-16)13-24(19(21)26)20(27)23-21/h2-3,5-6,8-9,11-12H,4,7,10,13H2,1H3,(H,22,25)(H,23,27). The van der Waals surface area contributed by atoms with E-state index in [-0.39, 0.29) is 18.4 Å². The van der Waals surface area contributed by atoms with E-state index in [0.717, 1.165) is 29.5 Å². The molecule has 6 heteroatoms. The molecular weight excluding hydrogens is 342 g/mol. The molecule has 4 amide bonds. The lowest BCUT2D eigenvalue weighted by molar-refractivity contribution is -0.131. The van der Waals surface area contributed by atoms with Crippen LogP contribution in [-0.4, -0.2) is 29.3 Å². The molecule has 0 aliphatic carbocycles. The first-order valence-electron chi connectivity index (χ1n) is 9.08. The van der Waals surface area contributed by atoms with Gasteiger partial charge in [-0.1, -0.05) is 36.4 Å². The molecule has 0 radical (unpaired) electrons. The number of nitrogens with one attached hydrogen (secondary N) is 2. The highest BCUT2D eigenvalue weighted by Crippen LogP contribution is 2.30. The van der Waals surface area contributed by atoms with Gasteiger partial charge in [0.25, 0.3) is 11.8 Å². The molecule has 0 spiro atoms. The van der Waals surface area contributed by atoms with Crippen molar-refractivity contribution in [1.29, 1.82) is 0 Å². The van der Waals surface area contributed by atoms with Gasteiger partial charge in [0, 0.05) is 12.1 Å². The van der Waals surface area contributed by atoms with Crippen molar-refractivity contribution in [3.05, 3.63) is 70.8 Å². The minimum absolute atomic E-state index is 0.126. The van der Waals surface area contributed by atoms with Gasteiger partial charge in [-0.15, -0.1) is 0 Å². The summed E-state index contributed by atoms with van der Waals surface area (Å²) in [6.45, 7) is 2.44. The molecule has 2 aliphatic heterocycles. The fraction of sp³-hybridized carbons (Fsp3) is 0.286.